The van der Waals surface area contributed by atoms with Crippen LogP contribution in [0, 0.1) is 6.92 Å². The molecule has 76 valence electrons. The highest BCUT2D eigenvalue weighted by Crippen LogP contribution is 2.19. The van der Waals surface area contributed by atoms with Gasteiger partial charge in [0.05, 0.1) is 0 Å². The van der Waals surface area contributed by atoms with E-state index in [0.29, 0.717) is 17.7 Å². The first-order valence-corrected chi connectivity index (χ1v) is 5.82. The summed E-state index contributed by atoms with van der Waals surface area (Å²) < 4.78 is 0. The number of thioether (sulfide) groups is 1. The van der Waals surface area contributed by atoms with Crippen LogP contribution in [-0.2, 0) is 0 Å². The molecule has 0 saturated carbocycles. The summed E-state index contributed by atoms with van der Waals surface area (Å²) in [7, 11) is 0. The van der Waals surface area contributed by atoms with Crippen LogP contribution in [0.5, 0.6) is 0 Å². The topological polar surface area (TPSA) is 57.8 Å². The molecule has 1 aromatic rings. The summed E-state index contributed by atoms with van der Waals surface area (Å²) in [4.78, 5) is 18.0. The number of nitrogens with one attached hydrogen (secondary N) is 2. The van der Waals surface area contributed by atoms with Crippen molar-refractivity contribution in [1.82, 2.24) is 9.97 Å². The molecule has 14 heavy (non-hydrogen) atoms. The van der Waals surface area contributed by atoms with Crippen molar-refractivity contribution in [2.45, 2.75) is 19.4 Å². The molecule has 0 spiro atoms. The fourth-order valence-corrected chi connectivity index (χ4v) is 2.66. The lowest BCUT2D eigenvalue weighted by atomic mass is 10.2. The van der Waals surface area contributed by atoms with Crippen molar-refractivity contribution in [3.05, 3.63) is 22.2 Å². The van der Waals surface area contributed by atoms with Gasteiger partial charge in [0.25, 0.3) is 5.56 Å². The quantitative estimate of drug-likeness (QED) is 0.766. The minimum atomic E-state index is -0.0920. The maximum Gasteiger partial charge on any atom is 0.252 e. The van der Waals surface area contributed by atoms with Gasteiger partial charge in [-0.15, -0.1) is 0 Å². The number of aromatic amines is 1. The van der Waals surface area contributed by atoms with Gasteiger partial charge in [0.1, 0.15) is 11.6 Å². The largest absolute Gasteiger partial charge is 0.366 e. The van der Waals surface area contributed by atoms with E-state index in [1.807, 2.05) is 11.8 Å². The van der Waals surface area contributed by atoms with E-state index in [1.54, 1.807) is 6.92 Å². The van der Waals surface area contributed by atoms with Crippen molar-refractivity contribution in [3.63, 3.8) is 0 Å². The Kier molecular flexibility index (Phi) is 2.77. The van der Waals surface area contributed by atoms with Crippen LogP contribution < -0.4 is 10.9 Å². The zero-order valence-electron chi connectivity index (χ0n) is 8.04. The molecule has 1 aliphatic heterocycles. The van der Waals surface area contributed by atoms with E-state index >= 15 is 0 Å². The van der Waals surface area contributed by atoms with E-state index < -0.39 is 0 Å². The van der Waals surface area contributed by atoms with Gasteiger partial charge in [0.15, 0.2) is 0 Å². The SMILES string of the molecule is Cc1nc(NC2CCSC2)cc(=O)[nH]1. The zero-order chi connectivity index (χ0) is 9.97. The number of aromatic nitrogens is 2. The van der Waals surface area contributed by atoms with Crippen LogP contribution in [0.15, 0.2) is 10.9 Å². The summed E-state index contributed by atoms with van der Waals surface area (Å²) in [6.07, 6.45) is 1.15. The molecule has 2 N–H and O–H groups in total. The van der Waals surface area contributed by atoms with Crippen molar-refractivity contribution in [3.8, 4) is 0 Å². The third kappa shape index (κ3) is 2.29. The van der Waals surface area contributed by atoms with Gasteiger partial charge < -0.3 is 10.3 Å². The van der Waals surface area contributed by atoms with Crippen LogP contribution in [0.2, 0.25) is 0 Å². The van der Waals surface area contributed by atoms with E-state index in [9.17, 15) is 4.79 Å². The monoisotopic (exact) mass is 211 g/mol. The normalized spacial score (nSPS) is 21.1. The molecular formula is C9H13N3OS. The molecule has 0 amide bonds. The Bertz CT molecular complexity index is 371. The maximum absolute atomic E-state index is 11.1. The molecule has 1 atom stereocenters. The van der Waals surface area contributed by atoms with Gasteiger partial charge in [-0.2, -0.15) is 11.8 Å². The Morgan fingerprint density at radius 1 is 1.71 bits per heavy atom. The van der Waals surface area contributed by atoms with Crippen molar-refractivity contribution in [2.24, 2.45) is 0 Å². The molecule has 0 radical (unpaired) electrons. The molecule has 1 fully saturated rings. The highest BCUT2D eigenvalue weighted by Gasteiger charge is 2.15. The van der Waals surface area contributed by atoms with Gasteiger partial charge in [0.2, 0.25) is 0 Å². The predicted molar refractivity (Wildman–Crippen MR) is 58.9 cm³/mol. The number of rotatable bonds is 2. The Morgan fingerprint density at radius 2 is 2.57 bits per heavy atom. The summed E-state index contributed by atoms with van der Waals surface area (Å²) in [6.45, 7) is 1.79. The van der Waals surface area contributed by atoms with Crippen molar-refractivity contribution in [1.29, 1.82) is 0 Å². The first-order chi connectivity index (χ1) is 6.74. The smallest absolute Gasteiger partial charge is 0.252 e. The second-order valence-electron chi connectivity index (χ2n) is 3.42. The first kappa shape index (κ1) is 9.58. The van der Waals surface area contributed by atoms with E-state index in [-0.39, 0.29) is 5.56 Å². The van der Waals surface area contributed by atoms with Gasteiger partial charge in [-0.1, -0.05) is 0 Å². The third-order valence-electron chi connectivity index (χ3n) is 2.14. The van der Waals surface area contributed by atoms with Gasteiger partial charge in [-0.05, 0) is 19.1 Å². The molecule has 2 heterocycles. The Balaban J connectivity index is 2.11. The van der Waals surface area contributed by atoms with Crippen molar-refractivity contribution < 1.29 is 0 Å². The number of aryl methyl sites for hydroxylation is 1. The minimum Gasteiger partial charge on any atom is -0.366 e. The zero-order valence-corrected chi connectivity index (χ0v) is 8.86. The summed E-state index contributed by atoms with van der Waals surface area (Å²) in [6, 6.07) is 1.98. The van der Waals surface area contributed by atoms with E-state index in [4.69, 9.17) is 0 Å². The van der Waals surface area contributed by atoms with Crippen LogP contribution in [-0.4, -0.2) is 27.5 Å². The number of hydrogen-bond donors (Lipinski definition) is 2. The highest BCUT2D eigenvalue weighted by molar-refractivity contribution is 7.99. The van der Waals surface area contributed by atoms with Gasteiger partial charge in [-0.25, -0.2) is 4.98 Å². The van der Waals surface area contributed by atoms with E-state index in [1.165, 1.54) is 11.8 Å². The Hall–Kier alpha value is -0.970. The lowest BCUT2D eigenvalue weighted by Gasteiger charge is -2.11. The molecule has 2 rings (SSSR count). The fraction of sp³-hybridized carbons (Fsp3) is 0.556. The molecule has 0 aliphatic carbocycles. The summed E-state index contributed by atoms with van der Waals surface area (Å²) in [5, 5.41) is 3.27. The molecule has 0 bridgehead atoms. The average Bonchev–Trinajstić information content (AvgIpc) is 2.54. The summed E-state index contributed by atoms with van der Waals surface area (Å²) in [5.41, 5.74) is -0.0920. The van der Waals surface area contributed by atoms with Gasteiger partial charge in [0, 0.05) is 17.9 Å². The molecule has 4 nitrogen and oxygen atoms in total. The van der Waals surface area contributed by atoms with Gasteiger partial charge >= 0.3 is 0 Å². The second kappa shape index (κ2) is 4.04. The van der Waals surface area contributed by atoms with Gasteiger partial charge in [-0.3, -0.25) is 4.79 Å². The fourth-order valence-electron chi connectivity index (χ4n) is 1.51. The Labute approximate surface area is 86.5 Å². The third-order valence-corrected chi connectivity index (χ3v) is 3.30. The number of H-pyrrole nitrogens is 1. The van der Waals surface area contributed by atoms with Crippen molar-refractivity contribution >= 4 is 17.6 Å². The average molecular weight is 211 g/mol. The van der Waals surface area contributed by atoms with Crippen LogP contribution in [0.1, 0.15) is 12.2 Å². The predicted octanol–water partition coefficient (Wildman–Crippen LogP) is 0.996. The van der Waals surface area contributed by atoms with E-state index in [0.717, 1.165) is 12.2 Å². The van der Waals surface area contributed by atoms with E-state index in [2.05, 4.69) is 15.3 Å². The first-order valence-electron chi connectivity index (χ1n) is 4.66. The molecule has 0 aromatic carbocycles. The van der Waals surface area contributed by atoms with Crippen LogP contribution in [0.25, 0.3) is 0 Å². The number of hydrogen-bond acceptors (Lipinski definition) is 4. The molecule has 1 saturated heterocycles. The summed E-state index contributed by atoms with van der Waals surface area (Å²) >= 11 is 1.93. The standard InChI is InChI=1S/C9H13N3OS/c1-6-10-8(4-9(13)11-6)12-7-2-3-14-5-7/h4,7H,2-3,5H2,1H3,(H2,10,11,12,13). The number of nitrogens with zero attached hydrogens (tertiary/aromatic N) is 1. The van der Waals surface area contributed by atoms with Crippen LogP contribution >= 0.6 is 11.8 Å². The molecular weight excluding hydrogens is 198 g/mol. The molecule has 1 aromatic heterocycles. The number of anilines is 1. The molecule has 1 unspecified atom stereocenters. The summed E-state index contributed by atoms with van der Waals surface area (Å²) in [5.74, 6) is 3.65. The maximum atomic E-state index is 11.1. The molecule has 1 aliphatic rings. The lowest BCUT2D eigenvalue weighted by molar-refractivity contribution is 0.802. The van der Waals surface area contributed by atoms with Crippen LogP contribution in [0.3, 0.4) is 0 Å². The highest BCUT2D eigenvalue weighted by atomic mass is 32.2. The van der Waals surface area contributed by atoms with Crippen LogP contribution in [0.4, 0.5) is 5.82 Å². The second-order valence-corrected chi connectivity index (χ2v) is 4.57. The Morgan fingerprint density at radius 3 is 3.21 bits per heavy atom. The minimum absolute atomic E-state index is 0.0920. The van der Waals surface area contributed by atoms with Crippen molar-refractivity contribution in [2.75, 3.05) is 16.8 Å². The molecule has 5 heteroatoms. The lowest BCUT2D eigenvalue weighted by Crippen LogP contribution is -2.21.